The molecule has 0 aliphatic rings. The average molecular weight is 310 g/mol. The lowest BCUT2D eigenvalue weighted by Crippen LogP contribution is -2.35. The fraction of sp³-hybridized carbons (Fsp3) is 0.235. The Kier molecular flexibility index (Phi) is 6.17. The first-order valence-corrected chi connectivity index (χ1v) is 7.30. The molecule has 0 amide bonds. The highest BCUT2D eigenvalue weighted by Gasteiger charge is 2.20. The van der Waals surface area contributed by atoms with Crippen molar-refractivity contribution in [3.63, 3.8) is 0 Å². The predicted molar refractivity (Wildman–Crippen MR) is 87.9 cm³/mol. The van der Waals surface area contributed by atoms with Gasteiger partial charge in [0.05, 0.1) is 0 Å². The third-order valence-electron chi connectivity index (χ3n) is 3.34. The minimum absolute atomic E-state index is 0.0251. The van der Waals surface area contributed by atoms with Gasteiger partial charge in [-0.1, -0.05) is 53.6 Å². The first-order valence-electron chi connectivity index (χ1n) is 7.30. The van der Waals surface area contributed by atoms with E-state index in [4.69, 9.17) is 10.3 Å². The summed E-state index contributed by atoms with van der Waals surface area (Å²) in [5.41, 5.74) is 9.74. The molecule has 0 spiro atoms. The van der Waals surface area contributed by atoms with Gasteiger partial charge in [-0.15, -0.1) is 0 Å². The van der Waals surface area contributed by atoms with Crippen molar-refractivity contribution in [2.75, 3.05) is 6.54 Å². The number of nitrogens with zero attached hydrogens (tertiary/aromatic N) is 3. The highest BCUT2D eigenvalue weighted by molar-refractivity contribution is 5.78. The van der Waals surface area contributed by atoms with Crippen LogP contribution >= 0.6 is 0 Å². The molecule has 0 saturated heterocycles. The Balaban J connectivity index is 1.95. The third kappa shape index (κ3) is 5.14. The van der Waals surface area contributed by atoms with E-state index in [9.17, 15) is 4.79 Å². The molecule has 0 saturated carbocycles. The van der Waals surface area contributed by atoms with Gasteiger partial charge in [-0.3, -0.25) is 4.79 Å². The molecule has 2 rings (SSSR count). The van der Waals surface area contributed by atoms with E-state index in [1.54, 1.807) is 24.3 Å². The molecule has 0 heterocycles. The van der Waals surface area contributed by atoms with E-state index in [2.05, 4.69) is 15.3 Å². The first kappa shape index (κ1) is 16.5. The fourth-order valence-electron chi connectivity index (χ4n) is 2.05. The summed E-state index contributed by atoms with van der Waals surface area (Å²) in [4.78, 5) is 14.9. The number of benzene rings is 2. The summed E-state index contributed by atoms with van der Waals surface area (Å²) >= 11 is 0. The van der Waals surface area contributed by atoms with Crippen LogP contribution in [0.3, 0.4) is 0 Å². The second-order valence-electron chi connectivity index (χ2n) is 5.00. The summed E-state index contributed by atoms with van der Waals surface area (Å²) in [7, 11) is 0. The maximum Gasteiger partial charge on any atom is 0.321 e. The molecule has 0 aliphatic heterocycles. The monoisotopic (exact) mass is 310 g/mol. The minimum Gasteiger partial charge on any atom is -0.426 e. The highest BCUT2D eigenvalue weighted by Crippen LogP contribution is 2.13. The smallest absolute Gasteiger partial charge is 0.321 e. The summed E-state index contributed by atoms with van der Waals surface area (Å²) in [6.07, 6.45) is 0. The van der Waals surface area contributed by atoms with Crippen LogP contribution in [0.15, 0.2) is 65.8 Å². The summed E-state index contributed by atoms with van der Waals surface area (Å²) < 4.78 is 5.22. The third-order valence-corrected chi connectivity index (χ3v) is 3.34. The molecule has 23 heavy (non-hydrogen) atoms. The van der Waals surface area contributed by atoms with Crippen LogP contribution in [0, 0.1) is 0 Å². The van der Waals surface area contributed by atoms with E-state index in [-0.39, 0.29) is 12.6 Å². The second kappa shape index (κ2) is 8.58. The molecule has 2 atom stereocenters. The number of rotatable bonds is 7. The van der Waals surface area contributed by atoms with Crippen LogP contribution in [0.25, 0.3) is 10.4 Å². The predicted octanol–water partition coefficient (Wildman–Crippen LogP) is 3.62. The van der Waals surface area contributed by atoms with E-state index >= 15 is 0 Å². The SMILES string of the molecule is C[C@@H](NC[C@H](N=[N+]=[N-])C(=O)Oc1ccccc1)c1ccccc1. The molecule has 0 fully saturated rings. The van der Waals surface area contributed by atoms with Crippen LogP contribution in [-0.4, -0.2) is 18.6 Å². The molecule has 6 nitrogen and oxygen atoms in total. The second-order valence-corrected chi connectivity index (χ2v) is 5.00. The Hall–Kier alpha value is -2.82. The van der Waals surface area contributed by atoms with Gasteiger partial charge < -0.3 is 10.1 Å². The number of esters is 1. The zero-order valence-electron chi connectivity index (χ0n) is 12.8. The number of hydrogen-bond acceptors (Lipinski definition) is 4. The Morgan fingerprint density at radius 2 is 1.78 bits per heavy atom. The van der Waals surface area contributed by atoms with E-state index < -0.39 is 12.0 Å². The topological polar surface area (TPSA) is 87.1 Å². The zero-order chi connectivity index (χ0) is 16.5. The lowest BCUT2D eigenvalue weighted by molar-refractivity contribution is -0.135. The molecule has 2 aromatic carbocycles. The summed E-state index contributed by atoms with van der Waals surface area (Å²) in [5.74, 6) is -0.159. The number of carbonyl (C=O) groups excluding carboxylic acids is 1. The van der Waals surface area contributed by atoms with E-state index in [0.29, 0.717) is 5.75 Å². The number of ether oxygens (including phenoxy) is 1. The molecular weight excluding hydrogens is 292 g/mol. The quantitative estimate of drug-likeness (QED) is 0.278. The lowest BCUT2D eigenvalue weighted by Gasteiger charge is -2.17. The van der Waals surface area contributed by atoms with E-state index in [1.807, 2.05) is 43.3 Å². The standard InChI is InChI=1S/C17H18N4O2/c1-13(14-8-4-2-5-9-14)19-12-16(20-21-18)17(22)23-15-10-6-3-7-11-15/h2-11,13,16,19H,12H2,1H3/t13-,16+/m1/s1. The summed E-state index contributed by atoms with van der Waals surface area (Å²) in [6.45, 7) is 2.18. The lowest BCUT2D eigenvalue weighted by atomic mass is 10.1. The van der Waals surface area contributed by atoms with Crippen molar-refractivity contribution in [3.05, 3.63) is 76.7 Å². The number of hydrogen-bond donors (Lipinski definition) is 1. The number of nitrogens with one attached hydrogen (secondary N) is 1. The number of para-hydroxylation sites is 1. The van der Waals surface area contributed by atoms with E-state index in [0.717, 1.165) is 5.56 Å². The molecule has 0 aromatic heterocycles. The van der Waals surface area contributed by atoms with Gasteiger partial charge in [0, 0.05) is 17.5 Å². The van der Waals surface area contributed by atoms with Crippen LogP contribution in [0.5, 0.6) is 5.75 Å². The van der Waals surface area contributed by atoms with Crippen molar-refractivity contribution >= 4 is 5.97 Å². The van der Waals surface area contributed by atoms with Crippen LogP contribution in [-0.2, 0) is 4.79 Å². The first-order chi connectivity index (χ1) is 11.2. The van der Waals surface area contributed by atoms with Gasteiger partial charge in [0.15, 0.2) is 0 Å². The van der Waals surface area contributed by atoms with Crippen LogP contribution < -0.4 is 10.1 Å². The molecule has 1 N–H and O–H groups in total. The van der Waals surface area contributed by atoms with Crippen LogP contribution in [0.1, 0.15) is 18.5 Å². The molecule has 0 radical (unpaired) electrons. The van der Waals surface area contributed by atoms with Gasteiger partial charge in [0.2, 0.25) is 0 Å². The molecule has 6 heteroatoms. The fourth-order valence-corrected chi connectivity index (χ4v) is 2.05. The van der Waals surface area contributed by atoms with Crippen molar-refractivity contribution in [2.24, 2.45) is 5.11 Å². The maximum atomic E-state index is 12.1. The van der Waals surface area contributed by atoms with Crippen molar-refractivity contribution in [2.45, 2.75) is 19.0 Å². The maximum absolute atomic E-state index is 12.1. The molecule has 118 valence electrons. The van der Waals surface area contributed by atoms with Gasteiger partial charge in [-0.2, -0.15) is 0 Å². The number of carbonyl (C=O) groups is 1. The van der Waals surface area contributed by atoms with Gasteiger partial charge in [-0.05, 0) is 30.2 Å². The highest BCUT2D eigenvalue weighted by atomic mass is 16.5. The summed E-state index contributed by atoms with van der Waals surface area (Å²) in [5, 5.41) is 6.71. The van der Waals surface area contributed by atoms with E-state index in [1.165, 1.54) is 0 Å². The van der Waals surface area contributed by atoms with Gasteiger partial charge in [-0.25, -0.2) is 0 Å². The summed E-state index contributed by atoms with van der Waals surface area (Å²) in [6, 6.07) is 17.6. The van der Waals surface area contributed by atoms with Crippen molar-refractivity contribution in [3.8, 4) is 5.75 Å². The normalized spacial score (nSPS) is 12.7. The molecule has 0 unspecified atom stereocenters. The largest absolute Gasteiger partial charge is 0.426 e. The van der Waals surface area contributed by atoms with Crippen molar-refractivity contribution in [1.82, 2.24) is 5.32 Å². The Morgan fingerprint density at radius 1 is 1.17 bits per heavy atom. The zero-order valence-corrected chi connectivity index (χ0v) is 12.8. The Bertz CT molecular complexity index is 670. The van der Waals surface area contributed by atoms with Gasteiger partial charge in [0.25, 0.3) is 0 Å². The van der Waals surface area contributed by atoms with Crippen molar-refractivity contribution in [1.29, 1.82) is 0 Å². The van der Waals surface area contributed by atoms with Crippen molar-refractivity contribution < 1.29 is 9.53 Å². The molecular formula is C17H18N4O2. The molecule has 0 aliphatic carbocycles. The van der Waals surface area contributed by atoms with Crippen LogP contribution in [0.2, 0.25) is 0 Å². The average Bonchev–Trinajstić information content (AvgIpc) is 2.60. The van der Waals surface area contributed by atoms with Gasteiger partial charge >= 0.3 is 5.97 Å². The van der Waals surface area contributed by atoms with Gasteiger partial charge in [0.1, 0.15) is 11.8 Å². The Morgan fingerprint density at radius 3 is 2.39 bits per heavy atom. The molecule has 0 bridgehead atoms. The molecule has 2 aromatic rings. The Labute approximate surface area is 134 Å². The van der Waals surface area contributed by atoms with Crippen LogP contribution in [0.4, 0.5) is 0 Å². The minimum atomic E-state index is -0.925. The number of azide groups is 1.